The number of hydrogen-bond donors (Lipinski definition) is 0. The Labute approximate surface area is 113 Å². The summed E-state index contributed by atoms with van der Waals surface area (Å²) in [5, 5.41) is 0.710. The zero-order valence-corrected chi connectivity index (χ0v) is 11.2. The Balaban J connectivity index is 1.81. The van der Waals surface area contributed by atoms with E-state index in [0.29, 0.717) is 11.6 Å². The van der Waals surface area contributed by atoms with Gasteiger partial charge in [-0.05, 0) is 49.1 Å². The number of benzene rings is 1. The summed E-state index contributed by atoms with van der Waals surface area (Å²) in [5.41, 5.74) is 2.33. The van der Waals surface area contributed by atoms with Crippen molar-refractivity contribution in [2.45, 2.75) is 19.8 Å². The second-order valence-electron chi connectivity index (χ2n) is 4.19. The van der Waals surface area contributed by atoms with Crippen molar-refractivity contribution in [2.24, 2.45) is 0 Å². The first-order valence-corrected chi connectivity index (χ1v) is 6.42. The van der Waals surface area contributed by atoms with E-state index in [-0.39, 0.29) is 0 Å². The Morgan fingerprint density at radius 2 is 1.94 bits per heavy atom. The third kappa shape index (κ3) is 3.47. The van der Waals surface area contributed by atoms with E-state index >= 15 is 0 Å². The Morgan fingerprint density at radius 1 is 1.17 bits per heavy atom. The minimum atomic E-state index is 0.672. The Morgan fingerprint density at radius 3 is 2.72 bits per heavy atom. The van der Waals surface area contributed by atoms with E-state index in [0.717, 1.165) is 24.2 Å². The van der Waals surface area contributed by atoms with E-state index in [2.05, 4.69) is 4.98 Å². The van der Waals surface area contributed by atoms with Crippen molar-refractivity contribution in [3.63, 3.8) is 0 Å². The van der Waals surface area contributed by atoms with Crippen LogP contribution in [0.3, 0.4) is 0 Å². The van der Waals surface area contributed by atoms with Gasteiger partial charge < -0.3 is 4.74 Å². The maximum atomic E-state index is 6.16. The molecule has 0 aliphatic heterocycles. The number of hydrogen-bond acceptors (Lipinski definition) is 2. The maximum Gasteiger partial charge on any atom is 0.138 e. The molecule has 0 unspecified atom stereocenters. The number of aryl methyl sites for hydroxylation is 2. The summed E-state index contributed by atoms with van der Waals surface area (Å²) in [6.45, 7) is 2.65. The largest absolute Gasteiger partial charge is 0.492 e. The van der Waals surface area contributed by atoms with E-state index in [1.807, 2.05) is 49.6 Å². The lowest BCUT2D eigenvalue weighted by atomic mass is 10.1. The number of halogens is 1. The second kappa shape index (κ2) is 6.41. The van der Waals surface area contributed by atoms with Crippen LogP contribution in [-0.4, -0.2) is 11.6 Å². The van der Waals surface area contributed by atoms with Gasteiger partial charge in [0.1, 0.15) is 5.75 Å². The number of rotatable bonds is 5. The molecule has 18 heavy (non-hydrogen) atoms. The van der Waals surface area contributed by atoms with Crippen molar-refractivity contribution in [1.82, 2.24) is 4.98 Å². The molecule has 0 aliphatic rings. The Kier molecular flexibility index (Phi) is 4.59. The van der Waals surface area contributed by atoms with Crippen molar-refractivity contribution < 1.29 is 4.74 Å². The predicted molar refractivity (Wildman–Crippen MR) is 74.2 cm³/mol. The molecule has 1 heterocycles. The van der Waals surface area contributed by atoms with E-state index < -0.39 is 0 Å². The second-order valence-corrected chi connectivity index (χ2v) is 4.57. The van der Waals surface area contributed by atoms with Crippen molar-refractivity contribution in [1.29, 1.82) is 0 Å². The molecule has 2 aromatic rings. The van der Waals surface area contributed by atoms with E-state index in [9.17, 15) is 0 Å². The maximum absolute atomic E-state index is 6.16. The van der Waals surface area contributed by atoms with Crippen LogP contribution in [0.5, 0.6) is 5.75 Å². The van der Waals surface area contributed by atoms with Crippen LogP contribution in [0.25, 0.3) is 0 Å². The topological polar surface area (TPSA) is 22.1 Å². The summed E-state index contributed by atoms with van der Waals surface area (Å²) >= 11 is 6.16. The molecule has 1 aromatic heterocycles. The molecular weight excluding hydrogens is 246 g/mol. The lowest BCUT2D eigenvalue weighted by molar-refractivity contribution is 0.311. The average Bonchev–Trinajstić information content (AvgIpc) is 2.40. The SMILES string of the molecule is Cc1cccc(OCCCc2ccncc2)c1Cl. The fraction of sp³-hybridized carbons (Fsp3) is 0.267. The van der Waals surface area contributed by atoms with Crippen molar-refractivity contribution in [2.75, 3.05) is 6.61 Å². The van der Waals surface area contributed by atoms with Gasteiger partial charge in [0.25, 0.3) is 0 Å². The molecule has 0 aliphatic carbocycles. The summed E-state index contributed by atoms with van der Waals surface area (Å²) in [7, 11) is 0. The highest BCUT2D eigenvalue weighted by atomic mass is 35.5. The van der Waals surface area contributed by atoms with Gasteiger partial charge in [0.15, 0.2) is 0 Å². The van der Waals surface area contributed by atoms with Crippen LogP contribution in [-0.2, 0) is 6.42 Å². The zero-order chi connectivity index (χ0) is 12.8. The number of pyridine rings is 1. The van der Waals surface area contributed by atoms with Gasteiger partial charge in [0, 0.05) is 12.4 Å². The van der Waals surface area contributed by atoms with Gasteiger partial charge in [-0.1, -0.05) is 23.7 Å². The van der Waals surface area contributed by atoms with Gasteiger partial charge in [-0.2, -0.15) is 0 Å². The van der Waals surface area contributed by atoms with Gasteiger partial charge >= 0.3 is 0 Å². The lowest BCUT2D eigenvalue weighted by Crippen LogP contribution is -2.00. The van der Waals surface area contributed by atoms with Crippen LogP contribution in [0.4, 0.5) is 0 Å². The number of nitrogens with zero attached hydrogens (tertiary/aromatic N) is 1. The van der Waals surface area contributed by atoms with Crippen LogP contribution in [0.15, 0.2) is 42.7 Å². The summed E-state index contributed by atoms with van der Waals surface area (Å²) in [6.07, 6.45) is 5.58. The van der Waals surface area contributed by atoms with Crippen molar-refractivity contribution >= 4 is 11.6 Å². The zero-order valence-electron chi connectivity index (χ0n) is 10.4. The molecule has 0 fully saturated rings. The fourth-order valence-corrected chi connectivity index (χ4v) is 1.92. The van der Waals surface area contributed by atoms with Crippen LogP contribution in [0, 0.1) is 6.92 Å². The van der Waals surface area contributed by atoms with Gasteiger partial charge in [-0.15, -0.1) is 0 Å². The quantitative estimate of drug-likeness (QED) is 0.758. The molecule has 0 atom stereocenters. The van der Waals surface area contributed by atoms with Gasteiger partial charge in [-0.3, -0.25) is 4.98 Å². The van der Waals surface area contributed by atoms with E-state index in [1.54, 1.807) is 0 Å². The molecule has 0 spiro atoms. The molecule has 0 bridgehead atoms. The summed E-state index contributed by atoms with van der Waals surface area (Å²) in [6, 6.07) is 9.90. The molecule has 0 N–H and O–H groups in total. The minimum absolute atomic E-state index is 0.672. The van der Waals surface area contributed by atoms with Gasteiger partial charge in [0.05, 0.1) is 11.6 Å². The molecule has 1 aromatic carbocycles. The molecule has 0 saturated heterocycles. The highest BCUT2D eigenvalue weighted by Crippen LogP contribution is 2.27. The molecule has 2 rings (SSSR count). The van der Waals surface area contributed by atoms with Crippen LogP contribution >= 0.6 is 11.6 Å². The molecule has 94 valence electrons. The summed E-state index contributed by atoms with van der Waals surface area (Å²) < 4.78 is 5.69. The molecule has 2 nitrogen and oxygen atoms in total. The first-order valence-electron chi connectivity index (χ1n) is 6.04. The third-order valence-corrected chi connectivity index (χ3v) is 3.26. The predicted octanol–water partition coefficient (Wildman–Crippen LogP) is 4.06. The molecule has 0 saturated carbocycles. The lowest BCUT2D eigenvalue weighted by Gasteiger charge is -2.09. The van der Waals surface area contributed by atoms with Gasteiger partial charge in [0.2, 0.25) is 0 Å². The average molecular weight is 262 g/mol. The standard InChI is InChI=1S/C15H16ClNO/c1-12-4-2-6-14(15(12)16)18-11-3-5-13-7-9-17-10-8-13/h2,4,6-10H,3,5,11H2,1H3. The normalized spacial score (nSPS) is 10.3. The molecule has 0 radical (unpaired) electrons. The van der Waals surface area contributed by atoms with Crippen LogP contribution in [0.2, 0.25) is 5.02 Å². The van der Waals surface area contributed by atoms with E-state index in [1.165, 1.54) is 5.56 Å². The van der Waals surface area contributed by atoms with Crippen molar-refractivity contribution in [3.05, 3.63) is 58.9 Å². The molecular formula is C15H16ClNO. The first-order chi connectivity index (χ1) is 8.77. The highest BCUT2D eigenvalue weighted by molar-refractivity contribution is 6.32. The Bertz CT molecular complexity index is 499. The third-order valence-electron chi connectivity index (χ3n) is 2.77. The summed E-state index contributed by atoms with van der Waals surface area (Å²) in [4.78, 5) is 3.99. The monoisotopic (exact) mass is 261 g/mol. The summed E-state index contributed by atoms with van der Waals surface area (Å²) in [5.74, 6) is 0.770. The number of ether oxygens (including phenoxy) is 1. The van der Waals surface area contributed by atoms with Crippen LogP contribution in [0.1, 0.15) is 17.5 Å². The minimum Gasteiger partial charge on any atom is -0.492 e. The Hall–Kier alpha value is -1.54. The van der Waals surface area contributed by atoms with Crippen molar-refractivity contribution in [3.8, 4) is 5.75 Å². The van der Waals surface area contributed by atoms with Crippen LogP contribution < -0.4 is 4.74 Å². The molecule has 3 heteroatoms. The smallest absolute Gasteiger partial charge is 0.138 e. The highest BCUT2D eigenvalue weighted by Gasteiger charge is 2.03. The number of aromatic nitrogens is 1. The van der Waals surface area contributed by atoms with E-state index in [4.69, 9.17) is 16.3 Å². The van der Waals surface area contributed by atoms with Gasteiger partial charge in [-0.25, -0.2) is 0 Å². The fourth-order valence-electron chi connectivity index (χ4n) is 1.74. The molecule has 0 amide bonds. The first kappa shape index (κ1) is 12.9.